The second kappa shape index (κ2) is 6.43. The monoisotopic (exact) mass is 315 g/mol. The molecule has 0 aliphatic heterocycles. The van der Waals surface area contributed by atoms with Gasteiger partial charge in [0.1, 0.15) is 11.6 Å². The van der Waals surface area contributed by atoms with Crippen LogP contribution in [0.3, 0.4) is 0 Å². The Hall–Kier alpha value is -3.32. The summed E-state index contributed by atoms with van der Waals surface area (Å²) in [5, 5.41) is 10.1. The molecular weight excluding hydrogens is 298 g/mol. The van der Waals surface area contributed by atoms with Gasteiger partial charge in [-0.2, -0.15) is 5.26 Å². The molecule has 2 aromatic carbocycles. The van der Waals surface area contributed by atoms with Gasteiger partial charge < -0.3 is 10.3 Å². The van der Waals surface area contributed by atoms with Gasteiger partial charge in [-0.05, 0) is 24.6 Å². The number of carbonyl (C=O) groups excluding carboxylic acids is 1. The minimum atomic E-state index is -0.715. The molecule has 0 aliphatic rings. The number of para-hydroxylation sites is 1. The van der Waals surface area contributed by atoms with Crippen molar-refractivity contribution in [3.8, 4) is 6.07 Å². The zero-order valence-electron chi connectivity index (χ0n) is 13.4. The highest BCUT2D eigenvalue weighted by Crippen LogP contribution is 2.24. The number of fused-ring (bicyclic) bond motifs is 1. The molecule has 3 rings (SSSR count). The Labute approximate surface area is 140 Å². The Morgan fingerprint density at radius 1 is 1.25 bits per heavy atom. The first-order valence-electron chi connectivity index (χ1n) is 7.63. The summed E-state index contributed by atoms with van der Waals surface area (Å²) in [5.74, 6) is -0.715. The van der Waals surface area contributed by atoms with Crippen LogP contribution in [0.25, 0.3) is 17.0 Å². The van der Waals surface area contributed by atoms with E-state index in [0.29, 0.717) is 6.54 Å². The molecule has 0 saturated heterocycles. The van der Waals surface area contributed by atoms with Gasteiger partial charge in [0, 0.05) is 29.2 Å². The number of hydrogen-bond acceptors (Lipinski definition) is 2. The largest absolute Gasteiger partial charge is 0.365 e. The molecule has 0 saturated carbocycles. The lowest BCUT2D eigenvalue weighted by Gasteiger charge is -2.06. The van der Waals surface area contributed by atoms with E-state index in [1.807, 2.05) is 42.6 Å². The summed E-state index contributed by atoms with van der Waals surface area (Å²) < 4.78 is 2.12. The summed E-state index contributed by atoms with van der Waals surface area (Å²) in [5.41, 5.74) is 9.47. The molecule has 1 heterocycles. The molecule has 0 fully saturated rings. The maximum Gasteiger partial charge on any atom is 0.259 e. The first-order valence-corrected chi connectivity index (χ1v) is 7.63. The maximum absolute atomic E-state index is 11.3. The summed E-state index contributed by atoms with van der Waals surface area (Å²) >= 11 is 0. The van der Waals surface area contributed by atoms with E-state index in [4.69, 9.17) is 11.0 Å². The fraction of sp³-hybridized carbons (Fsp3) is 0.100. The minimum Gasteiger partial charge on any atom is -0.365 e. The standard InChI is InChI=1S/C20H17N3O/c1-14-5-4-6-15(9-14)12-23-13-17(10-16(11-21)20(22)24)18-7-2-3-8-19(18)23/h2-10,13H,12H2,1H3,(H2,22,24). The molecule has 2 N–H and O–H groups in total. The van der Waals surface area contributed by atoms with Gasteiger partial charge in [-0.1, -0.05) is 48.0 Å². The molecule has 118 valence electrons. The number of aryl methyl sites for hydroxylation is 1. The number of nitrogens with zero attached hydrogens (tertiary/aromatic N) is 2. The Bertz CT molecular complexity index is 990. The number of benzene rings is 2. The van der Waals surface area contributed by atoms with Crippen LogP contribution in [0.5, 0.6) is 0 Å². The summed E-state index contributed by atoms with van der Waals surface area (Å²) in [6.07, 6.45) is 3.50. The Kier molecular flexibility index (Phi) is 4.17. The fourth-order valence-corrected chi connectivity index (χ4v) is 2.84. The molecular formula is C20H17N3O. The van der Waals surface area contributed by atoms with Crippen LogP contribution in [-0.4, -0.2) is 10.5 Å². The molecule has 1 amide bonds. The quantitative estimate of drug-likeness (QED) is 0.592. The molecule has 4 nitrogen and oxygen atoms in total. The summed E-state index contributed by atoms with van der Waals surface area (Å²) in [6.45, 7) is 2.78. The molecule has 4 heteroatoms. The van der Waals surface area contributed by atoms with Gasteiger partial charge in [0.25, 0.3) is 5.91 Å². The number of primary amides is 1. The van der Waals surface area contributed by atoms with Crippen LogP contribution in [0.4, 0.5) is 0 Å². The maximum atomic E-state index is 11.3. The number of rotatable bonds is 4. The van der Waals surface area contributed by atoms with Crippen LogP contribution in [0.15, 0.2) is 60.3 Å². The second-order valence-corrected chi connectivity index (χ2v) is 5.75. The molecule has 24 heavy (non-hydrogen) atoms. The van der Waals surface area contributed by atoms with Crippen molar-refractivity contribution in [2.24, 2.45) is 5.73 Å². The smallest absolute Gasteiger partial charge is 0.259 e. The van der Waals surface area contributed by atoms with Gasteiger partial charge >= 0.3 is 0 Å². The van der Waals surface area contributed by atoms with E-state index in [-0.39, 0.29) is 5.57 Å². The highest BCUT2D eigenvalue weighted by Gasteiger charge is 2.10. The van der Waals surface area contributed by atoms with Crippen molar-refractivity contribution < 1.29 is 4.79 Å². The van der Waals surface area contributed by atoms with Crippen LogP contribution in [0, 0.1) is 18.3 Å². The number of nitrogens with two attached hydrogens (primary N) is 1. The van der Waals surface area contributed by atoms with E-state index in [1.165, 1.54) is 11.1 Å². The third-order valence-corrected chi connectivity index (χ3v) is 3.94. The summed E-state index contributed by atoms with van der Waals surface area (Å²) in [6, 6.07) is 18.1. The fourth-order valence-electron chi connectivity index (χ4n) is 2.84. The third-order valence-electron chi connectivity index (χ3n) is 3.94. The lowest BCUT2D eigenvalue weighted by Crippen LogP contribution is -2.12. The normalized spacial score (nSPS) is 11.4. The molecule has 0 aliphatic carbocycles. The molecule has 0 atom stereocenters. The molecule has 0 radical (unpaired) electrons. The van der Waals surface area contributed by atoms with E-state index in [0.717, 1.165) is 16.5 Å². The van der Waals surface area contributed by atoms with Crippen molar-refractivity contribution in [1.82, 2.24) is 4.57 Å². The number of nitriles is 1. The van der Waals surface area contributed by atoms with E-state index < -0.39 is 5.91 Å². The Morgan fingerprint density at radius 3 is 2.75 bits per heavy atom. The lowest BCUT2D eigenvalue weighted by molar-refractivity contribution is -0.114. The zero-order chi connectivity index (χ0) is 17.1. The predicted molar refractivity (Wildman–Crippen MR) is 95.0 cm³/mol. The van der Waals surface area contributed by atoms with Crippen LogP contribution >= 0.6 is 0 Å². The summed E-state index contributed by atoms with van der Waals surface area (Å²) in [4.78, 5) is 11.3. The Balaban J connectivity index is 2.10. The molecule has 1 aromatic heterocycles. The van der Waals surface area contributed by atoms with Crippen molar-refractivity contribution in [3.63, 3.8) is 0 Å². The van der Waals surface area contributed by atoms with Crippen molar-refractivity contribution in [2.75, 3.05) is 0 Å². The average molecular weight is 315 g/mol. The summed E-state index contributed by atoms with van der Waals surface area (Å²) in [7, 11) is 0. The van der Waals surface area contributed by atoms with Crippen molar-refractivity contribution in [1.29, 1.82) is 5.26 Å². The number of carbonyl (C=O) groups is 1. The lowest BCUT2D eigenvalue weighted by atomic mass is 10.1. The van der Waals surface area contributed by atoms with Gasteiger partial charge in [-0.25, -0.2) is 0 Å². The Morgan fingerprint density at radius 2 is 2.04 bits per heavy atom. The van der Waals surface area contributed by atoms with Gasteiger partial charge in [0.2, 0.25) is 0 Å². The van der Waals surface area contributed by atoms with Gasteiger partial charge in [-0.15, -0.1) is 0 Å². The topological polar surface area (TPSA) is 71.8 Å². The van der Waals surface area contributed by atoms with Crippen molar-refractivity contribution in [2.45, 2.75) is 13.5 Å². The second-order valence-electron chi connectivity index (χ2n) is 5.75. The van der Waals surface area contributed by atoms with Gasteiger partial charge in [0.15, 0.2) is 0 Å². The molecule has 0 spiro atoms. The van der Waals surface area contributed by atoms with Gasteiger partial charge in [-0.3, -0.25) is 4.79 Å². The number of amides is 1. The number of aromatic nitrogens is 1. The van der Waals surface area contributed by atoms with Crippen LogP contribution in [0.2, 0.25) is 0 Å². The van der Waals surface area contributed by atoms with Crippen molar-refractivity contribution in [3.05, 3.63) is 77.0 Å². The van der Waals surface area contributed by atoms with Crippen LogP contribution in [-0.2, 0) is 11.3 Å². The van der Waals surface area contributed by atoms with Crippen molar-refractivity contribution >= 4 is 22.9 Å². The first kappa shape index (κ1) is 15.6. The van der Waals surface area contributed by atoms with E-state index in [9.17, 15) is 4.79 Å². The molecule has 0 unspecified atom stereocenters. The van der Waals surface area contributed by atoms with E-state index in [2.05, 4.69) is 29.7 Å². The van der Waals surface area contributed by atoms with Crippen LogP contribution < -0.4 is 5.73 Å². The first-order chi connectivity index (χ1) is 11.6. The molecule has 0 bridgehead atoms. The third kappa shape index (κ3) is 3.06. The SMILES string of the molecule is Cc1cccc(Cn2cc(C=C(C#N)C(N)=O)c3ccccc32)c1. The van der Waals surface area contributed by atoms with E-state index >= 15 is 0 Å². The minimum absolute atomic E-state index is 0.0477. The number of hydrogen-bond donors (Lipinski definition) is 1. The zero-order valence-corrected chi connectivity index (χ0v) is 13.4. The van der Waals surface area contributed by atoms with Gasteiger partial charge in [0.05, 0.1) is 0 Å². The molecule has 3 aromatic rings. The average Bonchev–Trinajstić information content (AvgIpc) is 2.90. The predicted octanol–water partition coefficient (Wildman–Crippen LogP) is 3.39. The van der Waals surface area contributed by atoms with Crippen LogP contribution in [0.1, 0.15) is 16.7 Å². The highest BCUT2D eigenvalue weighted by atomic mass is 16.1. The highest BCUT2D eigenvalue weighted by molar-refractivity contribution is 6.03. The van der Waals surface area contributed by atoms with E-state index in [1.54, 1.807) is 6.08 Å².